The summed E-state index contributed by atoms with van der Waals surface area (Å²) in [6.45, 7) is 5.46. The number of ether oxygens (including phenoxy) is 2. The van der Waals surface area contributed by atoms with Gasteiger partial charge in [0.15, 0.2) is 21.5 Å². The Bertz CT molecular complexity index is 1250. The van der Waals surface area contributed by atoms with Gasteiger partial charge in [0.1, 0.15) is 23.4 Å². The number of methoxy groups -OCH3 is 2. The number of nitrogens with zero attached hydrogens (tertiary/aromatic N) is 5. The van der Waals surface area contributed by atoms with Crippen molar-refractivity contribution in [2.45, 2.75) is 63.1 Å². The summed E-state index contributed by atoms with van der Waals surface area (Å²) in [5.74, 6) is 2.08. The van der Waals surface area contributed by atoms with Crippen LogP contribution < -0.4 is 4.74 Å². The van der Waals surface area contributed by atoms with Crippen molar-refractivity contribution < 1.29 is 17.9 Å². The molecule has 0 bridgehead atoms. The van der Waals surface area contributed by atoms with Crippen LogP contribution >= 0.6 is 0 Å². The summed E-state index contributed by atoms with van der Waals surface area (Å²) in [6, 6.07) is 5.75. The molecule has 0 unspecified atom stereocenters. The van der Waals surface area contributed by atoms with E-state index in [0.29, 0.717) is 17.4 Å². The first kappa shape index (κ1) is 24.3. The number of hydrogen-bond donors (Lipinski definition) is 0. The molecule has 34 heavy (non-hydrogen) atoms. The van der Waals surface area contributed by atoms with Crippen LogP contribution in [0.2, 0.25) is 0 Å². The molecule has 1 aliphatic carbocycles. The van der Waals surface area contributed by atoms with E-state index in [1.807, 2.05) is 36.6 Å². The molecule has 0 saturated heterocycles. The van der Waals surface area contributed by atoms with Crippen LogP contribution in [0.1, 0.15) is 66.8 Å². The highest BCUT2D eigenvalue weighted by atomic mass is 32.2. The second-order valence-electron chi connectivity index (χ2n) is 8.85. The van der Waals surface area contributed by atoms with Gasteiger partial charge in [0, 0.05) is 25.4 Å². The van der Waals surface area contributed by atoms with Crippen LogP contribution in [0.3, 0.4) is 0 Å². The van der Waals surface area contributed by atoms with Crippen molar-refractivity contribution in [1.82, 2.24) is 24.7 Å². The van der Waals surface area contributed by atoms with Crippen LogP contribution in [-0.2, 0) is 20.3 Å². The third kappa shape index (κ3) is 4.56. The summed E-state index contributed by atoms with van der Waals surface area (Å²) >= 11 is 0. The van der Waals surface area contributed by atoms with E-state index >= 15 is 0 Å². The number of hydrogen-bond acceptors (Lipinski definition) is 8. The Kier molecular flexibility index (Phi) is 6.99. The smallest absolute Gasteiger partial charge is 0.163 e. The summed E-state index contributed by atoms with van der Waals surface area (Å²) in [5, 5.41) is 7.91. The predicted molar refractivity (Wildman–Crippen MR) is 128 cm³/mol. The van der Waals surface area contributed by atoms with Crippen LogP contribution in [0, 0.1) is 13.8 Å². The van der Waals surface area contributed by atoms with Gasteiger partial charge in [0.05, 0.1) is 18.0 Å². The minimum Gasteiger partial charge on any atom is -0.495 e. The predicted octanol–water partition coefficient (Wildman–Crippen LogP) is 3.64. The molecule has 10 heteroatoms. The zero-order valence-corrected chi connectivity index (χ0v) is 21.0. The molecule has 2 atom stereocenters. The molecular formula is C24H31N5O4S. The standard InChI is InChI=1S/C24H31N5O4S/c1-15-12-25-23(26-13-15)22(33-5)17(3)34(30,31)14-20-27-28-24(18-9-7-10-18)29(20)21-16(2)8-6-11-19(21)32-4/h6,8,11-13,17-18,22H,7,9-10,14H2,1-5H3/t17-,22-/m0/s1. The third-order valence-electron chi connectivity index (χ3n) is 6.50. The Balaban J connectivity index is 1.74. The lowest BCUT2D eigenvalue weighted by atomic mass is 9.84. The van der Waals surface area contributed by atoms with E-state index in [1.54, 1.807) is 26.4 Å². The first-order chi connectivity index (χ1) is 16.3. The zero-order valence-electron chi connectivity index (χ0n) is 20.2. The zero-order chi connectivity index (χ0) is 24.5. The quantitative estimate of drug-likeness (QED) is 0.452. The van der Waals surface area contributed by atoms with Gasteiger partial charge in [-0.3, -0.25) is 4.57 Å². The molecule has 0 radical (unpaired) electrons. The first-order valence-electron chi connectivity index (χ1n) is 11.4. The Morgan fingerprint density at radius 3 is 2.41 bits per heavy atom. The molecular weight excluding hydrogens is 454 g/mol. The normalized spacial score (nSPS) is 16.1. The average Bonchev–Trinajstić information content (AvgIpc) is 3.15. The highest BCUT2D eigenvalue weighted by Crippen LogP contribution is 2.39. The number of rotatable bonds is 9. The molecule has 2 heterocycles. The van der Waals surface area contributed by atoms with Crippen molar-refractivity contribution in [3.63, 3.8) is 0 Å². The number of sulfone groups is 1. The van der Waals surface area contributed by atoms with Crippen molar-refractivity contribution in [2.75, 3.05) is 14.2 Å². The average molecular weight is 486 g/mol. The van der Waals surface area contributed by atoms with Gasteiger partial charge in [0.2, 0.25) is 0 Å². The molecule has 1 aromatic carbocycles. The molecule has 1 aliphatic rings. The fraction of sp³-hybridized carbons (Fsp3) is 0.500. The first-order valence-corrected chi connectivity index (χ1v) is 13.1. The Morgan fingerprint density at radius 2 is 1.82 bits per heavy atom. The van der Waals surface area contributed by atoms with E-state index in [1.165, 1.54) is 7.11 Å². The van der Waals surface area contributed by atoms with Gasteiger partial charge in [0.25, 0.3) is 0 Å². The maximum atomic E-state index is 13.6. The van der Waals surface area contributed by atoms with Crippen LogP contribution in [0.15, 0.2) is 30.6 Å². The summed E-state index contributed by atoms with van der Waals surface area (Å²) in [5.41, 5.74) is 2.62. The fourth-order valence-corrected chi connectivity index (χ4v) is 5.66. The van der Waals surface area contributed by atoms with E-state index in [-0.39, 0.29) is 11.7 Å². The van der Waals surface area contributed by atoms with Crippen molar-refractivity contribution in [3.8, 4) is 11.4 Å². The van der Waals surface area contributed by atoms with Crippen LogP contribution in [0.4, 0.5) is 0 Å². The molecule has 4 rings (SSSR count). The van der Waals surface area contributed by atoms with Crippen molar-refractivity contribution in [3.05, 3.63) is 59.2 Å². The lowest BCUT2D eigenvalue weighted by molar-refractivity contribution is 0.0947. The topological polar surface area (TPSA) is 109 Å². The van der Waals surface area contributed by atoms with Crippen molar-refractivity contribution in [2.24, 2.45) is 0 Å². The maximum absolute atomic E-state index is 13.6. The van der Waals surface area contributed by atoms with Crippen molar-refractivity contribution in [1.29, 1.82) is 0 Å². The summed E-state index contributed by atoms with van der Waals surface area (Å²) < 4.78 is 40.2. The van der Waals surface area contributed by atoms with Gasteiger partial charge in [-0.1, -0.05) is 18.6 Å². The highest BCUT2D eigenvalue weighted by Gasteiger charge is 2.36. The molecule has 3 aromatic rings. The number of aryl methyl sites for hydroxylation is 2. The number of aromatic nitrogens is 5. The van der Waals surface area contributed by atoms with E-state index < -0.39 is 21.2 Å². The molecule has 1 fully saturated rings. The molecule has 0 aliphatic heterocycles. The highest BCUT2D eigenvalue weighted by molar-refractivity contribution is 7.91. The number of para-hydroxylation sites is 1. The van der Waals surface area contributed by atoms with Gasteiger partial charge >= 0.3 is 0 Å². The second kappa shape index (κ2) is 9.79. The van der Waals surface area contributed by atoms with E-state index in [2.05, 4.69) is 20.2 Å². The Morgan fingerprint density at radius 1 is 1.12 bits per heavy atom. The molecule has 0 amide bonds. The van der Waals surface area contributed by atoms with Gasteiger partial charge in [-0.15, -0.1) is 10.2 Å². The van der Waals surface area contributed by atoms with Gasteiger partial charge in [-0.25, -0.2) is 18.4 Å². The molecule has 182 valence electrons. The summed E-state index contributed by atoms with van der Waals surface area (Å²) in [4.78, 5) is 8.57. The largest absolute Gasteiger partial charge is 0.495 e. The molecule has 0 N–H and O–H groups in total. The summed E-state index contributed by atoms with van der Waals surface area (Å²) in [6.07, 6.45) is 5.64. The summed E-state index contributed by atoms with van der Waals surface area (Å²) in [7, 11) is -0.642. The van der Waals surface area contributed by atoms with E-state index in [9.17, 15) is 8.42 Å². The van der Waals surface area contributed by atoms with Gasteiger partial charge in [-0.2, -0.15) is 0 Å². The third-order valence-corrected chi connectivity index (χ3v) is 8.54. The van der Waals surface area contributed by atoms with Crippen LogP contribution in [0.5, 0.6) is 5.75 Å². The van der Waals surface area contributed by atoms with Crippen molar-refractivity contribution >= 4 is 9.84 Å². The maximum Gasteiger partial charge on any atom is 0.163 e. The minimum absolute atomic E-state index is 0.248. The second-order valence-corrected chi connectivity index (χ2v) is 11.2. The molecule has 9 nitrogen and oxygen atoms in total. The molecule has 2 aromatic heterocycles. The van der Waals surface area contributed by atoms with Gasteiger partial charge in [-0.05, 0) is 50.8 Å². The fourth-order valence-electron chi connectivity index (χ4n) is 4.24. The minimum atomic E-state index is -3.72. The molecule has 0 spiro atoms. The van der Waals surface area contributed by atoms with Crippen LogP contribution in [0.25, 0.3) is 5.69 Å². The van der Waals surface area contributed by atoms with E-state index in [4.69, 9.17) is 9.47 Å². The lowest BCUT2D eigenvalue weighted by Crippen LogP contribution is -2.30. The SMILES string of the molecule is COc1cccc(C)c1-n1c(CS(=O)(=O)[C@@H](C)[C@H](OC)c2ncc(C)cn2)nnc1C1CCC1. The van der Waals surface area contributed by atoms with E-state index in [0.717, 1.165) is 41.9 Å². The monoisotopic (exact) mass is 485 g/mol. The molecule has 1 saturated carbocycles. The van der Waals surface area contributed by atoms with Crippen LogP contribution in [-0.4, -0.2) is 52.6 Å². The Labute approximate surface area is 200 Å². The van der Waals surface area contributed by atoms with Gasteiger partial charge < -0.3 is 9.47 Å². The Hall–Kier alpha value is -2.85. The lowest BCUT2D eigenvalue weighted by Gasteiger charge is -2.27. The number of benzene rings is 1.